The van der Waals surface area contributed by atoms with Crippen molar-refractivity contribution >= 4 is 33.6 Å². The summed E-state index contributed by atoms with van der Waals surface area (Å²) in [5.41, 5.74) is 1.08. The summed E-state index contributed by atoms with van der Waals surface area (Å²) in [6, 6.07) is 7.88. The first-order chi connectivity index (χ1) is 8.13. The van der Waals surface area contributed by atoms with Crippen LogP contribution in [0.2, 0.25) is 0 Å². The van der Waals surface area contributed by atoms with E-state index >= 15 is 0 Å². The Morgan fingerprint density at radius 3 is 2.71 bits per heavy atom. The summed E-state index contributed by atoms with van der Waals surface area (Å²) in [4.78, 5) is 11.5. The van der Waals surface area contributed by atoms with Crippen LogP contribution in [0.5, 0.6) is 0 Å². The predicted octanol–water partition coefficient (Wildman–Crippen LogP) is 2.35. The minimum atomic E-state index is -0.00105. The van der Waals surface area contributed by atoms with E-state index in [0.717, 1.165) is 10.0 Å². The summed E-state index contributed by atoms with van der Waals surface area (Å²) in [6.07, 6.45) is 0. The van der Waals surface area contributed by atoms with Gasteiger partial charge in [0.25, 0.3) is 0 Å². The van der Waals surface area contributed by atoms with Crippen molar-refractivity contribution in [1.29, 1.82) is 0 Å². The van der Waals surface area contributed by atoms with Gasteiger partial charge in [0.15, 0.2) is 0 Å². The van der Waals surface area contributed by atoms with Crippen LogP contribution >= 0.6 is 27.7 Å². The van der Waals surface area contributed by atoms with Gasteiger partial charge in [-0.3, -0.25) is 4.79 Å². The fourth-order valence-corrected chi connectivity index (χ4v) is 2.15. The van der Waals surface area contributed by atoms with E-state index in [1.165, 1.54) is 11.8 Å². The third kappa shape index (κ3) is 5.57. The van der Waals surface area contributed by atoms with E-state index in [0.29, 0.717) is 11.5 Å². The highest BCUT2D eigenvalue weighted by Gasteiger charge is 2.08. The number of carbonyl (C=O) groups is 1. The molecular formula is C12H16BrNO2S. The SMILES string of the molecule is C[C@@H](NC(=O)CSCCO)c1ccc(Br)cc1. The van der Waals surface area contributed by atoms with Gasteiger partial charge in [0, 0.05) is 10.2 Å². The molecule has 1 aromatic carbocycles. The normalized spacial score (nSPS) is 12.2. The average molecular weight is 318 g/mol. The third-order valence-electron chi connectivity index (χ3n) is 2.22. The number of halogens is 1. The van der Waals surface area contributed by atoms with Gasteiger partial charge in [0.1, 0.15) is 0 Å². The first-order valence-electron chi connectivity index (χ1n) is 5.37. The standard InChI is InChI=1S/C12H16BrNO2S/c1-9(10-2-4-11(13)5-3-10)14-12(16)8-17-7-6-15/h2-5,9,15H,6-8H2,1H3,(H,14,16)/t9-/m1/s1. The zero-order valence-corrected chi connectivity index (χ0v) is 12.1. The van der Waals surface area contributed by atoms with Crippen LogP contribution < -0.4 is 5.32 Å². The van der Waals surface area contributed by atoms with Gasteiger partial charge in [-0.2, -0.15) is 0 Å². The van der Waals surface area contributed by atoms with Gasteiger partial charge in [-0.1, -0.05) is 28.1 Å². The molecule has 2 N–H and O–H groups in total. The highest BCUT2D eigenvalue weighted by atomic mass is 79.9. The summed E-state index contributed by atoms with van der Waals surface area (Å²) < 4.78 is 1.03. The molecule has 0 aromatic heterocycles. The van der Waals surface area contributed by atoms with Gasteiger partial charge < -0.3 is 10.4 Å². The Hall–Kier alpha value is -0.520. The van der Waals surface area contributed by atoms with Crippen LogP contribution in [0.25, 0.3) is 0 Å². The summed E-state index contributed by atoms with van der Waals surface area (Å²) in [5, 5.41) is 11.5. The Kier molecular flexibility index (Phi) is 6.62. The van der Waals surface area contributed by atoms with Crippen LogP contribution in [0.3, 0.4) is 0 Å². The molecule has 1 amide bonds. The second-order valence-corrected chi connectivity index (χ2v) is 5.64. The molecule has 0 unspecified atom stereocenters. The molecule has 1 aromatic rings. The molecule has 0 aliphatic rings. The molecule has 0 saturated heterocycles. The van der Waals surface area contributed by atoms with E-state index in [1.807, 2.05) is 31.2 Å². The van der Waals surface area contributed by atoms with Crippen LogP contribution in [0, 0.1) is 0 Å². The number of benzene rings is 1. The van der Waals surface area contributed by atoms with E-state index < -0.39 is 0 Å². The Morgan fingerprint density at radius 1 is 1.47 bits per heavy atom. The molecule has 0 bridgehead atoms. The Morgan fingerprint density at radius 2 is 2.12 bits per heavy atom. The number of carbonyl (C=O) groups excluding carboxylic acids is 1. The summed E-state index contributed by atoms with van der Waals surface area (Å²) in [7, 11) is 0. The van der Waals surface area contributed by atoms with Crippen molar-refractivity contribution < 1.29 is 9.90 Å². The molecular weight excluding hydrogens is 302 g/mol. The molecule has 3 nitrogen and oxygen atoms in total. The van der Waals surface area contributed by atoms with Crippen LogP contribution in [0.1, 0.15) is 18.5 Å². The molecule has 94 valence electrons. The zero-order valence-electron chi connectivity index (χ0n) is 9.65. The van der Waals surface area contributed by atoms with E-state index in [-0.39, 0.29) is 18.6 Å². The lowest BCUT2D eigenvalue weighted by atomic mass is 10.1. The molecule has 0 radical (unpaired) electrons. The van der Waals surface area contributed by atoms with E-state index in [1.54, 1.807) is 0 Å². The first kappa shape index (κ1) is 14.5. The molecule has 0 aliphatic carbocycles. The summed E-state index contributed by atoms with van der Waals surface area (Å²) in [6.45, 7) is 2.07. The molecule has 5 heteroatoms. The number of hydrogen-bond acceptors (Lipinski definition) is 3. The van der Waals surface area contributed by atoms with Crippen LogP contribution in [-0.4, -0.2) is 29.1 Å². The first-order valence-corrected chi connectivity index (χ1v) is 7.31. The van der Waals surface area contributed by atoms with Crippen molar-refractivity contribution in [2.75, 3.05) is 18.1 Å². The summed E-state index contributed by atoms with van der Waals surface area (Å²) in [5.74, 6) is 0.987. The molecule has 0 spiro atoms. The number of thioether (sulfide) groups is 1. The van der Waals surface area contributed by atoms with E-state index in [9.17, 15) is 4.79 Å². The molecule has 0 heterocycles. The average Bonchev–Trinajstić information content (AvgIpc) is 2.30. The highest BCUT2D eigenvalue weighted by Crippen LogP contribution is 2.16. The van der Waals surface area contributed by atoms with E-state index in [4.69, 9.17) is 5.11 Å². The van der Waals surface area contributed by atoms with Crippen molar-refractivity contribution in [3.8, 4) is 0 Å². The van der Waals surface area contributed by atoms with Crippen LogP contribution in [-0.2, 0) is 4.79 Å². The number of rotatable bonds is 6. The Balaban J connectivity index is 2.40. The van der Waals surface area contributed by atoms with Crippen molar-refractivity contribution in [3.05, 3.63) is 34.3 Å². The number of amides is 1. The quantitative estimate of drug-likeness (QED) is 0.792. The minimum Gasteiger partial charge on any atom is -0.396 e. The van der Waals surface area contributed by atoms with Gasteiger partial charge in [-0.25, -0.2) is 0 Å². The van der Waals surface area contributed by atoms with Gasteiger partial charge >= 0.3 is 0 Å². The third-order valence-corrected chi connectivity index (χ3v) is 3.68. The van der Waals surface area contributed by atoms with Crippen molar-refractivity contribution in [2.24, 2.45) is 0 Å². The fraction of sp³-hybridized carbons (Fsp3) is 0.417. The maximum Gasteiger partial charge on any atom is 0.230 e. The van der Waals surface area contributed by atoms with Crippen molar-refractivity contribution in [3.63, 3.8) is 0 Å². The second-order valence-electron chi connectivity index (χ2n) is 3.62. The summed E-state index contributed by atoms with van der Waals surface area (Å²) >= 11 is 4.80. The zero-order chi connectivity index (χ0) is 12.7. The topological polar surface area (TPSA) is 49.3 Å². The number of hydrogen-bond donors (Lipinski definition) is 2. The van der Waals surface area contributed by atoms with Crippen LogP contribution in [0.4, 0.5) is 0 Å². The maximum atomic E-state index is 11.5. The molecule has 17 heavy (non-hydrogen) atoms. The molecule has 1 atom stereocenters. The number of nitrogens with one attached hydrogen (secondary N) is 1. The maximum absolute atomic E-state index is 11.5. The molecule has 1 rings (SSSR count). The van der Waals surface area contributed by atoms with Crippen molar-refractivity contribution in [2.45, 2.75) is 13.0 Å². The lowest BCUT2D eigenvalue weighted by Gasteiger charge is -2.14. The van der Waals surface area contributed by atoms with Crippen molar-refractivity contribution in [1.82, 2.24) is 5.32 Å². The Bertz CT molecular complexity index is 356. The largest absolute Gasteiger partial charge is 0.396 e. The highest BCUT2D eigenvalue weighted by molar-refractivity contribution is 9.10. The second kappa shape index (κ2) is 7.74. The predicted molar refractivity (Wildman–Crippen MR) is 75.1 cm³/mol. The smallest absolute Gasteiger partial charge is 0.230 e. The number of aliphatic hydroxyl groups is 1. The molecule has 0 fully saturated rings. The molecule has 0 aliphatic heterocycles. The molecule has 0 saturated carbocycles. The fourth-order valence-electron chi connectivity index (χ4n) is 1.35. The monoisotopic (exact) mass is 317 g/mol. The lowest BCUT2D eigenvalue weighted by molar-refractivity contribution is -0.119. The van der Waals surface area contributed by atoms with Gasteiger partial charge in [0.05, 0.1) is 18.4 Å². The van der Waals surface area contributed by atoms with E-state index in [2.05, 4.69) is 21.2 Å². The van der Waals surface area contributed by atoms with Crippen LogP contribution in [0.15, 0.2) is 28.7 Å². The number of aliphatic hydroxyl groups excluding tert-OH is 1. The minimum absolute atomic E-state index is 0.00105. The lowest BCUT2D eigenvalue weighted by Crippen LogP contribution is -2.28. The van der Waals surface area contributed by atoms with Gasteiger partial charge in [-0.15, -0.1) is 11.8 Å². The van der Waals surface area contributed by atoms with Gasteiger partial charge in [0.2, 0.25) is 5.91 Å². The Labute approximate surface area is 114 Å². The van der Waals surface area contributed by atoms with Gasteiger partial charge in [-0.05, 0) is 24.6 Å².